The Morgan fingerprint density at radius 3 is 2.83 bits per heavy atom. The summed E-state index contributed by atoms with van der Waals surface area (Å²) in [5, 5.41) is 15.5. The Hall–Kier alpha value is -1.98. The predicted octanol–water partition coefficient (Wildman–Crippen LogP) is 3.05. The molecule has 0 amide bonds. The van der Waals surface area contributed by atoms with Gasteiger partial charge in [0.2, 0.25) is 0 Å². The lowest BCUT2D eigenvalue weighted by atomic mass is 10.0. The summed E-state index contributed by atoms with van der Waals surface area (Å²) in [6, 6.07) is 11.8. The van der Waals surface area contributed by atoms with Crippen LogP contribution in [-0.4, -0.2) is 11.7 Å². The number of aromatic hydroxyl groups is 1. The number of hydrogen-bond donors (Lipinski definition) is 2. The number of hydrogen-bond acceptors (Lipinski definition) is 2. The summed E-state index contributed by atoms with van der Waals surface area (Å²) >= 11 is 0. The van der Waals surface area contributed by atoms with Gasteiger partial charge in [-0.3, -0.25) is 0 Å². The van der Waals surface area contributed by atoms with E-state index in [2.05, 4.69) is 17.3 Å². The second-order valence-electron chi connectivity index (χ2n) is 4.27. The summed E-state index contributed by atoms with van der Waals surface area (Å²) in [7, 11) is 0. The fourth-order valence-electron chi connectivity index (χ4n) is 2.04. The molecule has 2 N–H and O–H groups in total. The lowest BCUT2D eigenvalue weighted by Crippen LogP contribution is -2.14. The van der Waals surface area contributed by atoms with Crippen molar-refractivity contribution >= 4 is 10.8 Å². The van der Waals surface area contributed by atoms with Crippen LogP contribution in [0.2, 0.25) is 0 Å². The van der Waals surface area contributed by atoms with Crippen LogP contribution in [0, 0.1) is 12.3 Å². The van der Waals surface area contributed by atoms with Crippen molar-refractivity contribution in [2.24, 2.45) is 0 Å². The van der Waals surface area contributed by atoms with Gasteiger partial charge >= 0.3 is 0 Å². The minimum absolute atomic E-state index is 0.346. The SMILES string of the molecule is C#CCCCNCc1c(O)ccc2ccccc12. The van der Waals surface area contributed by atoms with E-state index in [0.717, 1.165) is 35.7 Å². The molecular weight excluding hydrogens is 222 g/mol. The first kappa shape index (κ1) is 12.5. The number of terminal acetylenes is 1. The highest BCUT2D eigenvalue weighted by molar-refractivity contribution is 5.87. The first-order chi connectivity index (χ1) is 8.83. The van der Waals surface area contributed by atoms with Gasteiger partial charge in [-0.15, -0.1) is 12.3 Å². The molecule has 0 heterocycles. The molecule has 0 radical (unpaired) electrons. The smallest absolute Gasteiger partial charge is 0.120 e. The molecule has 2 rings (SSSR count). The second kappa shape index (κ2) is 6.09. The predicted molar refractivity (Wildman–Crippen MR) is 75.4 cm³/mol. The first-order valence-corrected chi connectivity index (χ1v) is 6.16. The molecule has 0 aliphatic rings. The van der Waals surface area contributed by atoms with Crippen molar-refractivity contribution in [3.05, 3.63) is 42.0 Å². The molecular formula is C16H17NO. The third-order valence-electron chi connectivity index (χ3n) is 2.99. The largest absolute Gasteiger partial charge is 0.508 e. The topological polar surface area (TPSA) is 32.3 Å². The molecule has 0 spiro atoms. The minimum atomic E-state index is 0.346. The van der Waals surface area contributed by atoms with Crippen molar-refractivity contribution in [2.75, 3.05) is 6.54 Å². The van der Waals surface area contributed by atoms with E-state index in [4.69, 9.17) is 6.42 Å². The maximum absolute atomic E-state index is 9.94. The first-order valence-electron chi connectivity index (χ1n) is 6.16. The van der Waals surface area contributed by atoms with Crippen LogP contribution in [0.3, 0.4) is 0 Å². The zero-order valence-corrected chi connectivity index (χ0v) is 10.3. The molecule has 0 saturated heterocycles. The van der Waals surface area contributed by atoms with E-state index < -0.39 is 0 Å². The molecule has 92 valence electrons. The van der Waals surface area contributed by atoms with Crippen molar-refractivity contribution in [3.63, 3.8) is 0 Å². The number of unbranched alkanes of at least 4 members (excludes halogenated alkanes) is 1. The molecule has 2 aromatic rings. The number of phenols is 1. The normalized spacial score (nSPS) is 10.4. The van der Waals surface area contributed by atoms with E-state index in [1.807, 2.05) is 24.3 Å². The Morgan fingerprint density at radius 1 is 1.17 bits per heavy atom. The number of rotatable bonds is 5. The monoisotopic (exact) mass is 239 g/mol. The maximum Gasteiger partial charge on any atom is 0.120 e. The molecule has 0 saturated carbocycles. The second-order valence-corrected chi connectivity index (χ2v) is 4.27. The lowest BCUT2D eigenvalue weighted by molar-refractivity contribution is 0.466. The van der Waals surface area contributed by atoms with Crippen LogP contribution >= 0.6 is 0 Å². The highest BCUT2D eigenvalue weighted by Crippen LogP contribution is 2.26. The molecule has 0 unspecified atom stereocenters. The van der Waals surface area contributed by atoms with Gasteiger partial charge in [-0.25, -0.2) is 0 Å². The lowest BCUT2D eigenvalue weighted by Gasteiger charge is -2.10. The van der Waals surface area contributed by atoms with Crippen molar-refractivity contribution in [2.45, 2.75) is 19.4 Å². The van der Waals surface area contributed by atoms with Crippen LogP contribution in [0.15, 0.2) is 36.4 Å². The minimum Gasteiger partial charge on any atom is -0.508 e. The van der Waals surface area contributed by atoms with E-state index in [1.165, 1.54) is 0 Å². The summed E-state index contributed by atoms with van der Waals surface area (Å²) in [4.78, 5) is 0. The molecule has 0 aliphatic carbocycles. The molecule has 18 heavy (non-hydrogen) atoms. The van der Waals surface area contributed by atoms with E-state index in [1.54, 1.807) is 6.07 Å². The average molecular weight is 239 g/mol. The Bertz CT molecular complexity index is 569. The van der Waals surface area contributed by atoms with Gasteiger partial charge in [-0.05, 0) is 29.8 Å². The molecule has 0 atom stereocenters. The van der Waals surface area contributed by atoms with Gasteiger partial charge in [0.05, 0.1) is 0 Å². The molecule has 0 bridgehead atoms. The van der Waals surface area contributed by atoms with Gasteiger partial charge in [0.25, 0.3) is 0 Å². The summed E-state index contributed by atoms with van der Waals surface area (Å²) in [5.41, 5.74) is 0.953. The van der Waals surface area contributed by atoms with Crippen molar-refractivity contribution in [1.29, 1.82) is 0 Å². The van der Waals surface area contributed by atoms with Crippen LogP contribution in [0.25, 0.3) is 10.8 Å². The van der Waals surface area contributed by atoms with E-state index in [0.29, 0.717) is 12.3 Å². The van der Waals surface area contributed by atoms with Gasteiger partial charge in [0.1, 0.15) is 5.75 Å². The molecule has 2 nitrogen and oxygen atoms in total. The highest BCUT2D eigenvalue weighted by Gasteiger charge is 2.05. The molecule has 0 aromatic heterocycles. The zero-order valence-electron chi connectivity index (χ0n) is 10.3. The van der Waals surface area contributed by atoms with E-state index in [-0.39, 0.29) is 0 Å². The quantitative estimate of drug-likeness (QED) is 0.621. The van der Waals surface area contributed by atoms with Gasteiger partial charge in [-0.2, -0.15) is 0 Å². The number of fused-ring (bicyclic) bond motifs is 1. The fraction of sp³-hybridized carbons (Fsp3) is 0.250. The molecule has 2 heteroatoms. The van der Waals surface area contributed by atoms with Gasteiger partial charge in [0, 0.05) is 18.5 Å². The van der Waals surface area contributed by atoms with Crippen molar-refractivity contribution in [3.8, 4) is 18.1 Å². The highest BCUT2D eigenvalue weighted by atomic mass is 16.3. The van der Waals surface area contributed by atoms with Crippen LogP contribution in [0.1, 0.15) is 18.4 Å². The number of nitrogens with one attached hydrogen (secondary N) is 1. The summed E-state index contributed by atoms with van der Waals surface area (Å²) in [5.74, 6) is 2.96. The summed E-state index contributed by atoms with van der Waals surface area (Å²) < 4.78 is 0. The van der Waals surface area contributed by atoms with Crippen LogP contribution < -0.4 is 5.32 Å². The average Bonchev–Trinajstić information content (AvgIpc) is 2.41. The van der Waals surface area contributed by atoms with E-state index >= 15 is 0 Å². The third kappa shape index (κ3) is 2.82. The van der Waals surface area contributed by atoms with Gasteiger partial charge in [0.15, 0.2) is 0 Å². The van der Waals surface area contributed by atoms with E-state index in [9.17, 15) is 5.11 Å². The van der Waals surface area contributed by atoms with Crippen molar-refractivity contribution < 1.29 is 5.11 Å². The Labute approximate surface area is 108 Å². The van der Waals surface area contributed by atoms with Gasteiger partial charge in [-0.1, -0.05) is 30.3 Å². The summed E-state index contributed by atoms with van der Waals surface area (Å²) in [6.45, 7) is 1.53. The number of phenolic OH excluding ortho intramolecular Hbond substituents is 1. The molecule has 0 fully saturated rings. The maximum atomic E-state index is 9.94. The van der Waals surface area contributed by atoms with Crippen LogP contribution in [0.5, 0.6) is 5.75 Å². The fourth-order valence-corrected chi connectivity index (χ4v) is 2.04. The Balaban J connectivity index is 2.12. The standard InChI is InChI=1S/C16H17NO/c1-2-3-6-11-17-12-15-14-8-5-4-7-13(14)9-10-16(15)18/h1,4-5,7-10,17-18H,3,6,11-12H2. The van der Waals surface area contributed by atoms with Crippen LogP contribution in [-0.2, 0) is 6.54 Å². The molecule has 0 aliphatic heterocycles. The third-order valence-corrected chi connectivity index (χ3v) is 2.99. The summed E-state index contributed by atoms with van der Waals surface area (Å²) in [6.07, 6.45) is 6.95. The van der Waals surface area contributed by atoms with Gasteiger partial charge < -0.3 is 10.4 Å². The molecule has 2 aromatic carbocycles. The Kier molecular flexibility index (Phi) is 4.22. The van der Waals surface area contributed by atoms with Crippen molar-refractivity contribution in [1.82, 2.24) is 5.32 Å². The number of benzene rings is 2. The van der Waals surface area contributed by atoms with Crippen LogP contribution in [0.4, 0.5) is 0 Å². The zero-order chi connectivity index (χ0) is 12.8. The Morgan fingerprint density at radius 2 is 2.00 bits per heavy atom.